The third-order valence-electron chi connectivity index (χ3n) is 6.24. The molecule has 0 bridgehead atoms. The monoisotopic (exact) mass is 558 g/mol. The van der Waals surface area contributed by atoms with E-state index in [9.17, 15) is 32.8 Å². The highest BCUT2D eigenvalue weighted by atomic mass is 32.2. The summed E-state index contributed by atoms with van der Waals surface area (Å²) in [4.78, 5) is 53.8. The van der Waals surface area contributed by atoms with E-state index in [-0.39, 0.29) is 55.2 Å². The lowest BCUT2D eigenvalue weighted by Crippen LogP contribution is -2.60. The van der Waals surface area contributed by atoms with Gasteiger partial charge in [-0.2, -0.15) is 0 Å². The molecule has 1 aromatic heterocycles. The number of carbonyl (C=O) groups is 4. The Balaban J connectivity index is 2.07. The van der Waals surface area contributed by atoms with Crippen LogP contribution in [0, 0.1) is 11.3 Å². The van der Waals surface area contributed by atoms with Crippen molar-refractivity contribution in [3.8, 4) is 0 Å². The molecular weight excluding hydrogens is 520 g/mol. The molecule has 37 heavy (non-hydrogen) atoms. The Morgan fingerprint density at radius 3 is 2.24 bits per heavy atom. The molecular formula is C24H38N4O7S2. The zero-order valence-electron chi connectivity index (χ0n) is 22.1. The number of hydroxylamine groups is 2. The molecule has 2 atom stereocenters. The topological polar surface area (TPSA) is 144 Å². The van der Waals surface area contributed by atoms with Crippen LogP contribution in [0.15, 0.2) is 16.3 Å². The van der Waals surface area contributed by atoms with Crippen LogP contribution in [0.5, 0.6) is 0 Å². The van der Waals surface area contributed by atoms with Gasteiger partial charge in [-0.1, -0.05) is 40.5 Å². The van der Waals surface area contributed by atoms with E-state index in [1.807, 2.05) is 27.7 Å². The fourth-order valence-electron chi connectivity index (χ4n) is 4.04. The van der Waals surface area contributed by atoms with Crippen molar-refractivity contribution in [2.75, 3.05) is 39.0 Å². The van der Waals surface area contributed by atoms with Crippen molar-refractivity contribution in [2.24, 2.45) is 11.3 Å². The number of sulfone groups is 1. The van der Waals surface area contributed by atoms with Crippen LogP contribution in [0.1, 0.15) is 56.6 Å². The number of carbonyl (C=O) groups excluding carboxylic acids is 4. The van der Waals surface area contributed by atoms with Gasteiger partial charge in [0.05, 0.1) is 17.3 Å². The van der Waals surface area contributed by atoms with Gasteiger partial charge < -0.3 is 15.1 Å². The summed E-state index contributed by atoms with van der Waals surface area (Å²) >= 11 is 0.927. The lowest BCUT2D eigenvalue weighted by Gasteiger charge is -2.39. The number of amides is 4. The zero-order valence-corrected chi connectivity index (χ0v) is 23.7. The molecule has 2 rings (SSSR count). The third kappa shape index (κ3) is 8.50. The molecule has 11 nitrogen and oxygen atoms in total. The number of unbranched alkanes of at least 4 members (excludes halogenated alkanes) is 1. The van der Waals surface area contributed by atoms with Gasteiger partial charge in [0.25, 0.3) is 5.91 Å². The first kappa shape index (κ1) is 30.7. The van der Waals surface area contributed by atoms with Crippen molar-refractivity contribution < 1.29 is 32.8 Å². The standard InChI is InChI=1S/C24H38N4O7S2/c1-6-7-8-17(15-28(33)16-29)21(30)25-20(24(2,3)4)23(32)27-13-11-26(12-14-27)22(31)18-9-10-19(36-18)37(5,34)35/h9-10,16-17,20,33H,6-8,11-15H2,1-5H3,(H,25,30)/t17-,20-/m1/s1. The maximum absolute atomic E-state index is 13.5. The second-order valence-electron chi connectivity index (χ2n) is 10.4. The molecule has 1 saturated heterocycles. The molecule has 2 heterocycles. The van der Waals surface area contributed by atoms with E-state index in [4.69, 9.17) is 0 Å². The summed E-state index contributed by atoms with van der Waals surface area (Å²) in [7, 11) is -3.39. The summed E-state index contributed by atoms with van der Waals surface area (Å²) in [6, 6.07) is 2.08. The van der Waals surface area contributed by atoms with E-state index in [0.29, 0.717) is 16.4 Å². The van der Waals surface area contributed by atoms with Gasteiger partial charge in [-0.25, -0.2) is 13.5 Å². The SMILES string of the molecule is CCCC[C@H](CN(O)C=O)C(=O)N[C@H](C(=O)N1CCN(C(=O)c2ccc(S(C)(=O)=O)s2)CC1)C(C)(C)C. The molecule has 208 valence electrons. The fourth-order valence-corrected chi connectivity index (χ4v) is 5.93. The smallest absolute Gasteiger partial charge is 0.264 e. The van der Waals surface area contributed by atoms with Crippen LogP contribution < -0.4 is 5.32 Å². The maximum atomic E-state index is 13.5. The van der Waals surface area contributed by atoms with E-state index in [1.54, 1.807) is 9.80 Å². The van der Waals surface area contributed by atoms with Gasteiger partial charge in [-0.3, -0.25) is 24.4 Å². The molecule has 0 saturated carbocycles. The highest BCUT2D eigenvalue weighted by Crippen LogP contribution is 2.25. The van der Waals surface area contributed by atoms with Crippen LogP contribution in [0.4, 0.5) is 0 Å². The van der Waals surface area contributed by atoms with Crippen LogP contribution in [-0.4, -0.2) is 97.6 Å². The number of nitrogens with zero attached hydrogens (tertiary/aromatic N) is 3. The van der Waals surface area contributed by atoms with Gasteiger partial charge in [-0.15, -0.1) is 11.3 Å². The van der Waals surface area contributed by atoms with Crippen molar-refractivity contribution >= 4 is 45.3 Å². The Morgan fingerprint density at radius 2 is 1.76 bits per heavy atom. The number of hydrogen-bond acceptors (Lipinski definition) is 8. The first-order valence-corrected chi connectivity index (χ1v) is 15.0. The van der Waals surface area contributed by atoms with Crippen LogP contribution in [0.3, 0.4) is 0 Å². The molecule has 0 unspecified atom stereocenters. The molecule has 0 spiro atoms. The predicted octanol–water partition coefficient (Wildman–Crippen LogP) is 1.62. The Kier molecular flexibility index (Phi) is 10.7. The van der Waals surface area contributed by atoms with E-state index in [2.05, 4.69) is 5.32 Å². The van der Waals surface area contributed by atoms with E-state index >= 15 is 0 Å². The first-order chi connectivity index (χ1) is 17.2. The molecule has 4 amide bonds. The van der Waals surface area contributed by atoms with Crippen LogP contribution in [0.25, 0.3) is 0 Å². The molecule has 1 aliphatic heterocycles. The molecule has 1 aromatic rings. The number of piperazine rings is 1. The molecule has 0 radical (unpaired) electrons. The first-order valence-electron chi connectivity index (χ1n) is 12.3. The van der Waals surface area contributed by atoms with Gasteiger partial charge >= 0.3 is 0 Å². The average molecular weight is 559 g/mol. The van der Waals surface area contributed by atoms with Crippen molar-refractivity contribution in [2.45, 2.75) is 57.2 Å². The Hall–Kier alpha value is -2.51. The summed E-state index contributed by atoms with van der Waals surface area (Å²) in [6.07, 6.45) is 3.36. The van der Waals surface area contributed by atoms with Crippen molar-refractivity contribution in [3.05, 3.63) is 17.0 Å². The minimum Gasteiger partial charge on any atom is -0.344 e. The highest BCUT2D eigenvalue weighted by Gasteiger charge is 2.38. The lowest BCUT2D eigenvalue weighted by molar-refractivity contribution is -0.155. The molecule has 13 heteroatoms. The average Bonchev–Trinajstić information content (AvgIpc) is 3.34. The summed E-state index contributed by atoms with van der Waals surface area (Å²) < 4.78 is 23.6. The minimum atomic E-state index is -3.39. The Labute approximate surface area is 222 Å². The van der Waals surface area contributed by atoms with Crippen LogP contribution in [-0.2, 0) is 24.2 Å². The number of nitrogens with one attached hydrogen (secondary N) is 1. The molecule has 0 aliphatic carbocycles. The molecule has 1 fully saturated rings. The summed E-state index contributed by atoms with van der Waals surface area (Å²) in [5.41, 5.74) is -0.614. The molecule has 2 N–H and O–H groups in total. The summed E-state index contributed by atoms with van der Waals surface area (Å²) in [5.74, 6) is -1.62. The van der Waals surface area contributed by atoms with E-state index in [1.165, 1.54) is 12.1 Å². The normalized spacial score (nSPS) is 16.2. The largest absolute Gasteiger partial charge is 0.344 e. The number of thiophene rings is 1. The van der Waals surface area contributed by atoms with E-state index in [0.717, 1.165) is 30.4 Å². The van der Waals surface area contributed by atoms with Crippen LogP contribution in [0.2, 0.25) is 0 Å². The molecule has 1 aliphatic rings. The third-order valence-corrected chi connectivity index (χ3v) is 9.13. The molecule has 0 aromatic carbocycles. The van der Waals surface area contributed by atoms with Crippen molar-refractivity contribution in [1.29, 1.82) is 0 Å². The Morgan fingerprint density at radius 1 is 1.16 bits per heavy atom. The lowest BCUT2D eigenvalue weighted by atomic mass is 9.85. The van der Waals surface area contributed by atoms with Crippen LogP contribution >= 0.6 is 11.3 Å². The van der Waals surface area contributed by atoms with Gasteiger partial charge in [-0.05, 0) is 24.0 Å². The zero-order chi connectivity index (χ0) is 28.0. The number of hydrogen-bond donors (Lipinski definition) is 2. The maximum Gasteiger partial charge on any atom is 0.264 e. The van der Waals surface area contributed by atoms with Gasteiger partial charge in [0, 0.05) is 32.4 Å². The second-order valence-corrected chi connectivity index (χ2v) is 13.7. The van der Waals surface area contributed by atoms with Gasteiger partial charge in [0.1, 0.15) is 10.3 Å². The number of rotatable bonds is 11. The quantitative estimate of drug-likeness (QED) is 0.239. The second kappa shape index (κ2) is 12.8. The van der Waals surface area contributed by atoms with Crippen molar-refractivity contribution in [1.82, 2.24) is 20.2 Å². The van der Waals surface area contributed by atoms with Gasteiger partial charge in [0.2, 0.25) is 18.2 Å². The predicted molar refractivity (Wildman–Crippen MR) is 139 cm³/mol. The summed E-state index contributed by atoms with van der Waals surface area (Å²) in [6.45, 7) is 8.44. The minimum absolute atomic E-state index is 0.128. The van der Waals surface area contributed by atoms with Crippen molar-refractivity contribution in [3.63, 3.8) is 0 Å². The highest BCUT2D eigenvalue weighted by molar-refractivity contribution is 7.92. The fraction of sp³-hybridized carbons (Fsp3) is 0.667. The Bertz CT molecular complexity index is 1070. The van der Waals surface area contributed by atoms with Gasteiger partial charge in [0.15, 0.2) is 9.84 Å². The van der Waals surface area contributed by atoms with E-state index < -0.39 is 33.1 Å². The summed E-state index contributed by atoms with van der Waals surface area (Å²) in [5, 5.41) is 12.9.